The van der Waals surface area contributed by atoms with E-state index in [1.807, 2.05) is 30.3 Å². The number of hydrogen-bond donors (Lipinski definition) is 2. The molecule has 2 heterocycles. The van der Waals surface area contributed by atoms with Crippen molar-refractivity contribution in [1.82, 2.24) is 15.1 Å². The van der Waals surface area contributed by atoms with Crippen LogP contribution in [-0.2, 0) is 20.8 Å². The third kappa shape index (κ3) is 3.12. The van der Waals surface area contributed by atoms with Crippen LogP contribution in [0.1, 0.15) is 12.5 Å². The van der Waals surface area contributed by atoms with Gasteiger partial charge < -0.3 is 20.9 Å². The van der Waals surface area contributed by atoms with Gasteiger partial charge in [-0.05, 0) is 12.5 Å². The highest BCUT2D eigenvalue weighted by Crippen LogP contribution is 2.18. The molecule has 0 bridgehead atoms. The highest BCUT2D eigenvalue weighted by molar-refractivity contribution is 5.98. The fourth-order valence-electron chi connectivity index (χ4n) is 3.30. The number of nitrogens with zero attached hydrogens (tertiary/aromatic N) is 2. The number of quaternary nitrogens is 1. The monoisotopic (exact) mass is 331 g/mol. The van der Waals surface area contributed by atoms with E-state index in [2.05, 4.69) is 11.1 Å². The van der Waals surface area contributed by atoms with Crippen LogP contribution in [0.3, 0.4) is 0 Å². The average Bonchev–Trinajstić information content (AvgIpc) is 2.59. The summed E-state index contributed by atoms with van der Waals surface area (Å²) in [6.45, 7) is 2.82. The van der Waals surface area contributed by atoms with Gasteiger partial charge in [-0.1, -0.05) is 30.3 Å². The maximum absolute atomic E-state index is 12.7. The van der Waals surface area contributed by atoms with E-state index in [-0.39, 0.29) is 30.3 Å². The molecule has 7 heteroatoms. The Morgan fingerprint density at radius 1 is 1.29 bits per heavy atom. The Balaban J connectivity index is 1.71. The standard InChI is InChI=1S/C17H22N4O3/c1-11(18)16(23)20-7-8-21-14(10-20)15(22)19-13(17(21)24)9-12-5-3-2-4-6-12/h2-6,11,13-14H,7-10,18H2,1H3,(H,19,22)/p+1/t11-,13+,14+/m0/s1. The molecule has 0 aliphatic carbocycles. The van der Waals surface area contributed by atoms with Gasteiger partial charge in [-0.3, -0.25) is 14.4 Å². The molecule has 4 N–H and O–H groups in total. The van der Waals surface area contributed by atoms with E-state index in [1.165, 1.54) is 0 Å². The van der Waals surface area contributed by atoms with E-state index in [9.17, 15) is 14.4 Å². The molecule has 128 valence electrons. The van der Waals surface area contributed by atoms with E-state index in [4.69, 9.17) is 0 Å². The Kier molecular flexibility index (Phi) is 4.53. The summed E-state index contributed by atoms with van der Waals surface area (Å²) in [6, 6.07) is 8.14. The molecule has 3 rings (SSSR count). The number of fused-ring (bicyclic) bond motifs is 1. The first-order valence-corrected chi connectivity index (χ1v) is 8.24. The summed E-state index contributed by atoms with van der Waals surface area (Å²) in [5, 5.41) is 2.82. The first-order chi connectivity index (χ1) is 11.5. The topological polar surface area (TPSA) is 97.4 Å². The second-order valence-electron chi connectivity index (χ2n) is 6.48. The number of nitrogens with one attached hydrogen (secondary N) is 1. The molecular formula is C17H23N4O3+. The molecule has 2 aliphatic heterocycles. The maximum atomic E-state index is 12.7. The van der Waals surface area contributed by atoms with Gasteiger partial charge in [0, 0.05) is 19.5 Å². The van der Waals surface area contributed by atoms with Crippen molar-refractivity contribution < 1.29 is 20.1 Å². The summed E-state index contributed by atoms with van der Waals surface area (Å²) in [4.78, 5) is 40.5. The molecule has 7 nitrogen and oxygen atoms in total. The zero-order chi connectivity index (χ0) is 17.3. The van der Waals surface area contributed by atoms with Crippen molar-refractivity contribution in [1.29, 1.82) is 0 Å². The third-order valence-corrected chi connectivity index (χ3v) is 4.60. The number of hydrogen-bond acceptors (Lipinski definition) is 3. The lowest BCUT2D eigenvalue weighted by Gasteiger charge is -2.45. The summed E-state index contributed by atoms with van der Waals surface area (Å²) < 4.78 is 0. The zero-order valence-corrected chi connectivity index (χ0v) is 13.8. The first-order valence-electron chi connectivity index (χ1n) is 8.24. The number of piperazine rings is 2. The molecule has 1 aromatic carbocycles. The molecular weight excluding hydrogens is 308 g/mol. The number of carbonyl (C=O) groups is 3. The van der Waals surface area contributed by atoms with Crippen molar-refractivity contribution in [3.63, 3.8) is 0 Å². The van der Waals surface area contributed by atoms with Gasteiger partial charge in [0.1, 0.15) is 12.1 Å². The van der Waals surface area contributed by atoms with Crippen molar-refractivity contribution in [3.05, 3.63) is 35.9 Å². The van der Waals surface area contributed by atoms with Crippen LogP contribution in [0.4, 0.5) is 0 Å². The van der Waals surface area contributed by atoms with Gasteiger partial charge in [-0.15, -0.1) is 0 Å². The van der Waals surface area contributed by atoms with Crippen LogP contribution in [0.2, 0.25) is 0 Å². The van der Waals surface area contributed by atoms with Crippen molar-refractivity contribution in [2.45, 2.75) is 31.5 Å². The molecule has 0 saturated carbocycles. The van der Waals surface area contributed by atoms with Crippen LogP contribution in [0.5, 0.6) is 0 Å². The van der Waals surface area contributed by atoms with E-state index >= 15 is 0 Å². The Hall–Kier alpha value is -2.41. The molecule has 0 aromatic heterocycles. The second-order valence-corrected chi connectivity index (χ2v) is 6.48. The van der Waals surface area contributed by atoms with Crippen molar-refractivity contribution >= 4 is 17.7 Å². The Labute approximate surface area is 140 Å². The minimum atomic E-state index is -0.596. The molecule has 24 heavy (non-hydrogen) atoms. The molecule has 2 saturated heterocycles. The van der Waals surface area contributed by atoms with Crippen molar-refractivity contribution in [2.24, 2.45) is 0 Å². The van der Waals surface area contributed by atoms with Crippen LogP contribution < -0.4 is 11.1 Å². The Morgan fingerprint density at radius 2 is 2.00 bits per heavy atom. The van der Waals surface area contributed by atoms with Gasteiger partial charge >= 0.3 is 0 Å². The fourth-order valence-corrected chi connectivity index (χ4v) is 3.30. The highest BCUT2D eigenvalue weighted by Gasteiger charge is 2.44. The molecule has 0 spiro atoms. The van der Waals surface area contributed by atoms with Gasteiger partial charge in [-0.2, -0.15) is 0 Å². The predicted molar refractivity (Wildman–Crippen MR) is 86.5 cm³/mol. The maximum Gasteiger partial charge on any atom is 0.280 e. The van der Waals surface area contributed by atoms with Crippen LogP contribution in [0, 0.1) is 0 Å². The number of benzene rings is 1. The Bertz CT molecular complexity index is 646. The van der Waals surface area contributed by atoms with Gasteiger partial charge in [0.05, 0.1) is 6.54 Å². The summed E-state index contributed by atoms with van der Waals surface area (Å²) in [6.07, 6.45) is 0.479. The Morgan fingerprint density at radius 3 is 2.67 bits per heavy atom. The van der Waals surface area contributed by atoms with Gasteiger partial charge in [-0.25, -0.2) is 0 Å². The minimum Gasteiger partial charge on any atom is -0.348 e. The molecule has 1 aromatic rings. The molecule has 3 atom stereocenters. The first kappa shape index (κ1) is 16.4. The summed E-state index contributed by atoms with van der Waals surface area (Å²) in [7, 11) is 0. The smallest absolute Gasteiger partial charge is 0.280 e. The highest BCUT2D eigenvalue weighted by atomic mass is 16.2. The minimum absolute atomic E-state index is 0.0711. The lowest BCUT2D eigenvalue weighted by Crippen LogP contribution is -2.73. The molecule has 2 fully saturated rings. The van der Waals surface area contributed by atoms with E-state index in [0.29, 0.717) is 19.5 Å². The lowest BCUT2D eigenvalue weighted by atomic mass is 9.98. The SMILES string of the molecule is C[C@H]([NH3+])C(=O)N1CCN2C(=O)[C@@H](Cc3ccccc3)NC(=O)[C@H]2C1. The van der Waals surface area contributed by atoms with Crippen LogP contribution in [-0.4, -0.2) is 65.3 Å². The van der Waals surface area contributed by atoms with Gasteiger partial charge in [0.25, 0.3) is 5.91 Å². The summed E-state index contributed by atoms with van der Waals surface area (Å²) >= 11 is 0. The predicted octanol–water partition coefficient (Wildman–Crippen LogP) is -1.60. The van der Waals surface area contributed by atoms with Gasteiger partial charge in [0.15, 0.2) is 6.04 Å². The molecule has 3 amide bonds. The third-order valence-electron chi connectivity index (χ3n) is 4.60. The summed E-state index contributed by atoms with van der Waals surface area (Å²) in [5.41, 5.74) is 4.75. The lowest BCUT2D eigenvalue weighted by molar-refractivity contribution is -0.400. The second kappa shape index (κ2) is 6.60. The largest absolute Gasteiger partial charge is 0.348 e. The van der Waals surface area contributed by atoms with Crippen LogP contribution in [0.25, 0.3) is 0 Å². The number of carbonyl (C=O) groups excluding carboxylic acids is 3. The van der Waals surface area contributed by atoms with Crippen molar-refractivity contribution in [2.75, 3.05) is 19.6 Å². The fraction of sp³-hybridized carbons (Fsp3) is 0.471. The number of amides is 3. The molecule has 0 radical (unpaired) electrons. The average molecular weight is 331 g/mol. The number of rotatable bonds is 3. The van der Waals surface area contributed by atoms with Gasteiger partial charge in [0.2, 0.25) is 11.8 Å². The molecule has 2 aliphatic rings. The van der Waals surface area contributed by atoms with Crippen LogP contribution >= 0.6 is 0 Å². The quantitative estimate of drug-likeness (QED) is 0.698. The summed E-state index contributed by atoms with van der Waals surface area (Å²) in [5.74, 6) is -0.343. The van der Waals surface area contributed by atoms with E-state index in [0.717, 1.165) is 5.56 Å². The van der Waals surface area contributed by atoms with E-state index in [1.54, 1.807) is 16.7 Å². The van der Waals surface area contributed by atoms with E-state index < -0.39 is 12.1 Å². The zero-order valence-electron chi connectivity index (χ0n) is 13.8. The van der Waals surface area contributed by atoms with Crippen LogP contribution in [0.15, 0.2) is 30.3 Å². The van der Waals surface area contributed by atoms with Crippen molar-refractivity contribution in [3.8, 4) is 0 Å². The normalized spacial score (nSPS) is 25.1. The molecule has 0 unspecified atom stereocenters.